The molecule has 0 spiro atoms. The molecule has 1 heterocycles. The molecule has 1 atom stereocenters. The van der Waals surface area contributed by atoms with Crippen molar-refractivity contribution in [2.45, 2.75) is 26.2 Å². The molecule has 0 saturated heterocycles. The second kappa shape index (κ2) is 7.88. The lowest BCUT2D eigenvalue weighted by molar-refractivity contribution is 0.273. The average molecular weight is 309 g/mol. The van der Waals surface area contributed by atoms with Crippen molar-refractivity contribution < 1.29 is 4.74 Å². The zero-order valence-corrected chi connectivity index (χ0v) is 12.9. The molecular weight excluding hydrogens is 288 g/mol. The summed E-state index contributed by atoms with van der Waals surface area (Å²) in [5, 5.41) is 4.05. The maximum absolute atomic E-state index is 6.18. The summed E-state index contributed by atoms with van der Waals surface area (Å²) in [4.78, 5) is 8.19. The zero-order valence-electron chi connectivity index (χ0n) is 12.2. The number of ether oxygens (including phenoxy) is 1. The molecule has 0 aromatic carbocycles. The molecule has 0 saturated carbocycles. The van der Waals surface area contributed by atoms with E-state index in [9.17, 15) is 0 Å². The summed E-state index contributed by atoms with van der Waals surface area (Å²) in [5.41, 5.74) is 5.64. The highest BCUT2D eigenvalue weighted by atomic mass is 35.5. The van der Waals surface area contributed by atoms with Crippen molar-refractivity contribution in [2.24, 2.45) is 5.92 Å². The van der Waals surface area contributed by atoms with E-state index in [1.165, 1.54) is 0 Å². The Balaban J connectivity index is 1.98. The van der Waals surface area contributed by atoms with E-state index in [0.717, 1.165) is 30.8 Å². The average Bonchev–Trinajstić information content (AvgIpc) is 2.48. The number of hydrogen-bond donors (Lipinski definition) is 2. The molecule has 21 heavy (non-hydrogen) atoms. The van der Waals surface area contributed by atoms with Gasteiger partial charge in [0.1, 0.15) is 0 Å². The molecule has 0 radical (unpaired) electrons. The number of nitrogens with zero attached hydrogens (tertiary/aromatic N) is 2. The number of anilines is 2. The maximum atomic E-state index is 6.18. The van der Waals surface area contributed by atoms with Crippen LogP contribution in [0.4, 0.5) is 11.8 Å². The van der Waals surface area contributed by atoms with Gasteiger partial charge >= 0.3 is 0 Å². The lowest BCUT2D eigenvalue weighted by atomic mass is 10.0. The first-order valence-electron chi connectivity index (χ1n) is 7.22. The minimum atomic E-state index is 0.178. The van der Waals surface area contributed by atoms with Crippen LogP contribution >= 0.6 is 11.6 Å². The van der Waals surface area contributed by atoms with Crippen molar-refractivity contribution in [1.82, 2.24) is 9.97 Å². The highest BCUT2D eigenvalue weighted by Gasteiger charge is 2.16. The normalized spacial score (nSPS) is 17.4. The van der Waals surface area contributed by atoms with Crippen LogP contribution in [0.3, 0.4) is 0 Å². The van der Waals surface area contributed by atoms with Crippen LogP contribution < -0.4 is 15.8 Å². The number of aromatic nitrogens is 2. The maximum Gasteiger partial charge on any atom is 0.222 e. The van der Waals surface area contributed by atoms with Gasteiger partial charge in [0.25, 0.3) is 0 Å². The van der Waals surface area contributed by atoms with Gasteiger partial charge in [0.15, 0.2) is 11.6 Å². The first-order valence-corrected chi connectivity index (χ1v) is 7.60. The van der Waals surface area contributed by atoms with Gasteiger partial charge in [-0.1, -0.05) is 37.1 Å². The number of nitrogens with two attached hydrogens (primary N) is 1. The quantitative estimate of drug-likeness (QED) is 0.756. The van der Waals surface area contributed by atoms with E-state index in [4.69, 9.17) is 22.1 Å². The van der Waals surface area contributed by atoms with E-state index in [-0.39, 0.29) is 11.9 Å². The van der Waals surface area contributed by atoms with Crippen LogP contribution in [0.25, 0.3) is 0 Å². The first-order chi connectivity index (χ1) is 10.2. The minimum Gasteiger partial charge on any atom is -0.487 e. The molecule has 1 aliphatic rings. The smallest absolute Gasteiger partial charge is 0.222 e. The summed E-state index contributed by atoms with van der Waals surface area (Å²) in [7, 11) is 0. The Hall–Kier alpha value is -1.75. The molecule has 0 aliphatic heterocycles. The van der Waals surface area contributed by atoms with Crippen molar-refractivity contribution in [3.63, 3.8) is 0 Å². The van der Waals surface area contributed by atoms with E-state index < -0.39 is 0 Å². The lowest BCUT2D eigenvalue weighted by Gasteiger charge is -2.19. The largest absolute Gasteiger partial charge is 0.487 e. The zero-order chi connectivity index (χ0) is 15.1. The SMILES string of the molecule is CCCCNc1nc(N)ncc1OCC1CC=CC=C1Cl. The van der Waals surface area contributed by atoms with Gasteiger partial charge in [-0.2, -0.15) is 4.98 Å². The molecule has 1 aromatic heterocycles. The van der Waals surface area contributed by atoms with Gasteiger partial charge in [-0.05, 0) is 18.9 Å². The third kappa shape index (κ3) is 4.63. The molecule has 0 bridgehead atoms. The molecule has 1 aliphatic carbocycles. The summed E-state index contributed by atoms with van der Waals surface area (Å²) >= 11 is 6.18. The van der Waals surface area contributed by atoms with Crippen molar-refractivity contribution in [3.8, 4) is 5.75 Å². The molecular formula is C15H21ClN4O. The Morgan fingerprint density at radius 3 is 3.14 bits per heavy atom. The number of unbranched alkanes of at least 4 members (excludes halogenated alkanes) is 1. The van der Waals surface area contributed by atoms with Gasteiger partial charge in [-0.3, -0.25) is 0 Å². The van der Waals surface area contributed by atoms with E-state index in [0.29, 0.717) is 18.2 Å². The fourth-order valence-corrected chi connectivity index (χ4v) is 2.21. The van der Waals surface area contributed by atoms with Crippen LogP contribution in [0, 0.1) is 5.92 Å². The highest BCUT2D eigenvalue weighted by molar-refractivity contribution is 6.30. The summed E-state index contributed by atoms with van der Waals surface area (Å²) < 4.78 is 5.83. The highest BCUT2D eigenvalue weighted by Crippen LogP contribution is 2.27. The number of allylic oxidation sites excluding steroid dienone is 3. The second-order valence-corrected chi connectivity index (χ2v) is 5.38. The molecule has 5 nitrogen and oxygen atoms in total. The Kier molecular flexibility index (Phi) is 5.87. The Labute approximate surface area is 130 Å². The molecule has 1 unspecified atom stereocenters. The van der Waals surface area contributed by atoms with E-state index >= 15 is 0 Å². The van der Waals surface area contributed by atoms with Crippen LogP contribution in [0.5, 0.6) is 5.75 Å². The summed E-state index contributed by atoms with van der Waals surface area (Å²) in [6, 6.07) is 0. The first kappa shape index (κ1) is 15.6. The monoisotopic (exact) mass is 308 g/mol. The van der Waals surface area contributed by atoms with Gasteiger partial charge in [-0.25, -0.2) is 4.98 Å². The van der Waals surface area contributed by atoms with E-state index in [1.54, 1.807) is 6.20 Å². The minimum absolute atomic E-state index is 0.178. The summed E-state index contributed by atoms with van der Waals surface area (Å²) in [5.74, 6) is 1.67. The standard InChI is InChI=1S/C15H21ClN4O/c1-2-3-8-18-14-13(9-19-15(17)20-14)21-10-11-6-4-5-7-12(11)16/h4-5,7,9,11H,2-3,6,8,10H2,1H3,(H3,17,18,19,20). The van der Waals surface area contributed by atoms with Crippen LogP contribution in [-0.4, -0.2) is 23.1 Å². The molecule has 0 fully saturated rings. The summed E-state index contributed by atoms with van der Waals surface area (Å²) in [6.07, 6.45) is 10.6. The van der Waals surface area contributed by atoms with Crippen LogP contribution in [-0.2, 0) is 0 Å². The fraction of sp³-hybridized carbons (Fsp3) is 0.467. The van der Waals surface area contributed by atoms with Crippen LogP contribution in [0.2, 0.25) is 0 Å². The number of rotatable bonds is 7. The van der Waals surface area contributed by atoms with Crippen molar-refractivity contribution in [2.75, 3.05) is 24.2 Å². The fourth-order valence-electron chi connectivity index (χ4n) is 1.99. The van der Waals surface area contributed by atoms with Gasteiger partial charge in [-0.15, -0.1) is 0 Å². The lowest BCUT2D eigenvalue weighted by Crippen LogP contribution is -2.15. The van der Waals surface area contributed by atoms with Gasteiger partial charge in [0.2, 0.25) is 5.95 Å². The van der Waals surface area contributed by atoms with E-state index in [2.05, 4.69) is 28.3 Å². The molecule has 114 valence electrons. The molecule has 0 amide bonds. The summed E-state index contributed by atoms with van der Waals surface area (Å²) in [6.45, 7) is 3.46. The third-order valence-electron chi connectivity index (χ3n) is 3.24. The number of halogens is 1. The van der Waals surface area contributed by atoms with Crippen molar-refractivity contribution >= 4 is 23.4 Å². The Morgan fingerprint density at radius 1 is 1.52 bits per heavy atom. The van der Waals surface area contributed by atoms with Gasteiger partial charge in [0.05, 0.1) is 12.8 Å². The topological polar surface area (TPSA) is 73.1 Å². The molecule has 3 N–H and O–H groups in total. The Morgan fingerprint density at radius 2 is 2.38 bits per heavy atom. The molecule has 2 rings (SSSR count). The Bertz CT molecular complexity index is 530. The van der Waals surface area contributed by atoms with Crippen LogP contribution in [0.15, 0.2) is 29.5 Å². The number of nitrogen functional groups attached to an aromatic ring is 1. The second-order valence-electron chi connectivity index (χ2n) is 4.94. The molecule has 1 aromatic rings. The van der Waals surface area contributed by atoms with Crippen molar-refractivity contribution in [3.05, 3.63) is 29.5 Å². The molecule has 6 heteroatoms. The predicted molar refractivity (Wildman–Crippen MR) is 86.5 cm³/mol. The van der Waals surface area contributed by atoms with Gasteiger partial charge < -0.3 is 15.8 Å². The van der Waals surface area contributed by atoms with Crippen molar-refractivity contribution in [1.29, 1.82) is 0 Å². The van der Waals surface area contributed by atoms with E-state index in [1.807, 2.05) is 12.2 Å². The third-order valence-corrected chi connectivity index (χ3v) is 3.67. The number of nitrogens with one attached hydrogen (secondary N) is 1. The van der Waals surface area contributed by atoms with Crippen LogP contribution in [0.1, 0.15) is 26.2 Å². The predicted octanol–water partition coefficient (Wildman–Crippen LogP) is 3.35. The van der Waals surface area contributed by atoms with Gasteiger partial charge in [0, 0.05) is 17.5 Å². The number of hydrogen-bond acceptors (Lipinski definition) is 5.